The number of nitrogens with zero attached hydrogens (tertiary/aromatic N) is 2. The molecule has 0 fully saturated rings. The summed E-state index contributed by atoms with van der Waals surface area (Å²) in [7, 11) is 2.05. The molecule has 0 saturated carbocycles. The number of aromatic nitrogens is 2. The van der Waals surface area contributed by atoms with Crippen LogP contribution < -0.4 is 5.32 Å². The van der Waals surface area contributed by atoms with E-state index in [2.05, 4.69) is 33.3 Å². The Morgan fingerprint density at radius 1 is 1.47 bits per heavy atom. The molecule has 0 amide bonds. The van der Waals surface area contributed by atoms with Crippen molar-refractivity contribution in [2.75, 3.05) is 26.7 Å². The van der Waals surface area contributed by atoms with Crippen LogP contribution in [0.5, 0.6) is 0 Å². The minimum Gasteiger partial charge on any atom is -0.312 e. The summed E-state index contributed by atoms with van der Waals surface area (Å²) in [6.45, 7) is 7.71. The van der Waals surface area contributed by atoms with E-state index in [0.717, 1.165) is 44.0 Å². The molecule has 1 aromatic heterocycles. The third kappa shape index (κ3) is 4.59. The Balaban J connectivity index is 2.15. The fraction of sp³-hybridized carbons (Fsp3) is 0.615. The summed E-state index contributed by atoms with van der Waals surface area (Å²) in [6.07, 6.45) is 6.34. The third-order valence-electron chi connectivity index (χ3n) is 2.84. The van der Waals surface area contributed by atoms with Crippen molar-refractivity contribution in [1.29, 1.82) is 0 Å². The van der Waals surface area contributed by atoms with E-state index in [1.807, 2.05) is 14.0 Å². The van der Waals surface area contributed by atoms with Crippen molar-refractivity contribution < 1.29 is 0 Å². The molecule has 0 spiro atoms. The maximum absolute atomic E-state index is 5.24. The van der Waals surface area contributed by atoms with Crippen LogP contribution >= 0.6 is 0 Å². The summed E-state index contributed by atoms with van der Waals surface area (Å²) in [5.41, 5.74) is 3.51. The monoisotopic (exact) mass is 234 g/mol. The van der Waals surface area contributed by atoms with Crippen LogP contribution in [0, 0.1) is 26.2 Å². The van der Waals surface area contributed by atoms with Gasteiger partial charge in [0, 0.05) is 17.8 Å². The van der Waals surface area contributed by atoms with Crippen molar-refractivity contribution in [2.45, 2.75) is 26.8 Å². The van der Waals surface area contributed by atoms with Crippen LogP contribution in [-0.2, 0) is 6.54 Å². The molecule has 0 radical (unpaired) electrons. The number of H-pyrrole nitrogens is 1. The van der Waals surface area contributed by atoms with Gasteiger partial charge in [-0.15, -0.1) is 6.42 Å². The van der Waals surface area contributed by atoms with Crippen molar-refractivity contribution >= 4 is 0 Å². The molecule has 4 heteroatoms. The first-order valence-corrected chi connectivity index (χ1v) is 5.98. The lowest BCUT2D eigenvalue weighted by Crippen LogP contribution is -2.24. The van der Waals surface area contributed by atoms with Crippen LogP contribution in [0.1, 0.15) is 23.4 Å². The summed E-state index contributed by atoms with van der Waals surface area (Å²) < 4.78 is 0. The first-order valence-electron chi connectivity index (χ1n) is 5.98. The summed E-state index contributed by atoms with van der Waals surface area (Å²) >= 11 is 0. The number of nitrogens with one attached hydrogen (secondary N) is 2. The van der Waals surface area contributed by atoms with Crippen LogP contribution in [-0.4, -0.2) is 41.8 Å². The minimum atomic E-state index is 0.722. The fourth-order valence-electron chi connectivity index (χ4n) is 1.76. The van der Waals surface area contributed by atoms with Gasteiger partial charge >= 0.3 is 0 Å². The standard InChI is InChI=1S/C13H22N4/c1-5-8-17(4)9-6-7-14-10-13-11(2)15-16-12(13)3/h1,14H,6-10H2,2-4H3,(H,15,16). The molecule has 2 N–H and O–H groups in total. The number of aromatic amines is 1. The number of terminal acetylenes is 1. The SMILES string of the molecule is C#CCN(C)CCCNCc1c(C)n[nH]c1C. The average molecular weight is 234 g/mol. The normalized spacial score (nSPS) is 10.8. The van der Waals surface area contributed by atoms with Crippen molar-refractivity contribution in [3.63, 3.8) is 0 Å². The zero-order valence-corrected chi connectivity index (χ0v) is 11.0. The van der Waals surface area contributed by atoms with E-state index >= 15 is 0 Å². The van der Waals surface area contributed by atoms with Crippen molar-refractivity contribution in [3.8, 4) is 12.3 Å². The first kappa shape index (κ1) is 13.8. The molecule has 17 heavy (non-hydrogen) atoms. The molecule has 0 bridgehead atoms. The summed E-state index contributed by atoms with van der Waals surface area (Å²) in [5.74, 6) is 2.64. The first-order chi connectivity index (χ1) is 8.15. The minimum absolute atomic E-state index is 0.722. The van der Waals surface area contributed by atoms with Gasteiger partial charge in [-0.05, 0) is 40.4 Å². The molecule has 4 nitrogen and oxygen atoms in total. The van der Waals surface area contributed by atoms with Gasteiger partial charge in [-0.1, -0.05) is 5.92 Å². The van der Waals surface area contributed by atoms with E-state index in [1.165, 1.54) is 5.56 Å². The Morgan fingerprint density at radius 2 is 2.24 bits per heavy atom. The van der Waals surface area contributed by atoms with Crippen LogP contribution in [0.2, 0.25) is 0 Å². The zero-order valence-electron chi connectivity index (χ0n) is 11.0. The van der Waals surface area contributed by atoms with Gasteiger partial charge in [0.15, 0.2) is 0 Å². The quantitative estimate of drug-likeness (QED) is 0.548. The van der Waals surface area contributed by atoms with E-state index in [9.17, 15) is 0 Å². The highest BCUT2D eigenvalue weighted by Gasteiger charge is 2.04. The molecule has 0 saturated heterocycles. The third-order valence-corrected chi connectivity index (χ3v) is 2.84. The van der Waals surface area contributed by atoms with E-state index in [1.54, 1.807) is 0 Å². The average Bonchev–Trinajstić information content (AvgIpc) is 2.60. The lowest BCUT2D eigenvalue weighted by atomic mass is 10.2. The smallest absolute Gasteiger partial charge is 0.0638 e. The molecule has 0 aromatic carbocycles. The Morgan fingerprint density at radius 3 is 2.82 bits per heavy atom. The second-order valence-corrected chi connectivity index (χ2v) is 4.38. The van der Waals surface area contributed by atoms with E-state index in [-0.39, 0.29) is 0 Å². The second-order valence-electron chi connectivity index (χ2n) is 4.38. The maximum atomic E-state index is 5.24. The van der Waals surface area contributed by atoms with E-state index in [4.69, 9.17) is 6.42 Å². The van der Waals surface area contributed by atoms with Gasteiger partial charge in [0.25, 0.3) is 0 Å². The van der Waals surface area contributed by atoms with Crippen LogP contribution in [0.15, 0.2) is 0 Å². The molecule has 0 unspecified atom stereocenters. The highest BCUT2D eigenvalue weighted by molar-refractivity contribution is 5.22. The van der Waals surface area contributed by atoms with Crippen molar-refractivity contribution in [3.05, 3.63) is 17.0 Å². The van der Waals surface area contributed by atoms with Gasteiger partial charge in [0.2, 0.25) is 0 Å². The van der Waals surface area contributed by atoms with Gasteiger partial charge in [0.1, 0.15) is 0 Å². The molecule has 94 valence electrons. The second kappa shape index (κ2) is 7.10. The molecule has 1 heterocycles. The highest BCUT2D eigenvalue weighted by Crippen LogP contribution is 2.08. The van der Waals surface area contributed by atoms with Gasteiger partial charge in [0.05, 0.1) is 12.2 Å². The van der Waals surface area contributed by atoms with Gasteiger partial charge < -0.3 is 5.32 Å². The summed E-state index contributed by atoms with van der Waals surface area (Å²) in [4.78, 5) is 2.15. The molecule has 0 aliphatic rings. The Bertz CT molecular complexity index is 356. The largest absolute Gasteiger partial charge is 0.312 e. The van der Waals surface area contributed by atoms with Crippen molar-refractivity contribution in [1.82, 2.24) is 20.4 Å². The molecule has 1 aromatic rings. The number of rotatable bonds is 7. The zero-order chi connectivity index (χ0) is 12.7. The summed E-state index contributed by atoms with van der Waals surface area (Å²) in [5, 5.41) is 10.6. The van der Waals surface area contributed by atoms with E-state index < -0.39 is 0 Å². The van der Waals surface area contributed by atoms with Crippen LogP contribution in [0.4, 0.5) is 0 Å². The van der Waals surface area contributed by atoms with E-state index in [0.29, 0.717) is 0 Å². The lowest BCUT2D eigenvalue weighted by Gasteiger charge is -2.13. The molecule has 1 rings (SSSR count). The number of hydrogen-bond acceptors (Lipinski definition) is 3. The Labute approximate surface area is 104 Å². The summed E-state index contributed by atoms with van der Waals surface area (Å²) in [6, 6.07) is 0. The van der Waals surface area contributed by atoms with Gasteiger partial charge in [-0.25, -0.2) is 0 Å². The predicted octanol–water partition coefficient (Wildman–Crippen LogP) is 1.07. The van der Waals surface area contributed by atoms with Gasteiger partial charge in [-0.2, -0.15) is 5.10 Å². The predicted molar refractivity (Wildman–Crippen MR) is 70.7 cm³/mol. The van der Waals surface area contributed by atoms with Crippen molar-refractivity contribution in [2.24, 2.45) is 0 Å². The van der Waals surface area contributed by atoms with Gasteiger partial charge in [-0.3, -0.25) is 10.00 Å². The molecule has 0 atom stereocenters. The lowest BCUT2D eigenvalue weighted by molar-refractivity contribution is 0.365. The number of aryl methyl sites for hydroxylation is 2. The maximum Gasteiger partial charge on any atom is 0.0638 e. The molecule has 0 aliphatic heterocycles. The Kier molecular flexibility index (Phi) is 5.75. The molecule has 0 aliphatic carbocycles. The van der Waals surface area contributed by atoms with Crippen LogP contribution in [0.25, 0.3) is 0 Å². The number of hydrogen-bond donors (Lipinski definition) is 2. The van der Waals surface area contributed by atoms with Crippen LogP contribution in [0.3, 0.4) is 0 Å². The molecular weight excluding hydrogens is 212 g/mol. The highest BCUT2D eigenvalue weighted by atomic mass is 15.1. The Hall–Kier alpha value is -1.31. The topological polar surface area (TPSA) is 44.0 Å². The molecular formula is C13H22N4. The fourth-order valence-corrected chi connectivity index (χ4v) is 1.76.